The van der Waals surface area contributed by atoms with Gasteiger partial charge in [-0.1, -0.05) is 44.2 Å². The van der Waals surface area contributed by atoms with Crippen LogP contribution in [0.2, 0.25) is 0 Å². The van der Waals surface area contributed by atoms with Gasteiger partial charge in [-0.25, -0.2) is 4.98 Å². The van der Waals surface area contributed by atoms with Crippen molar-refractivity contribution in [2.75, 3.05) is 24.1 Å². The number of nitrogen functional groups attached to an aromatic ring is 1. The molecular formula is C30H36N6O. The molecule has 3 N–H and O–H groups in total. The van der Waals surface area contributed by atoms with E-state index in [2.05, 4.69) is 48.1 Å². The molecule has 7 nitrogen and oxygen atoms in total. The molecule has 0 unspecified atom stereocenters. The van der Waals surface area contributed by atoms with E-state index in [4.69, 9.17) is 15.8 Å². The molecule has 4 aromatic rings. The second-order valence-electron chi connectivity index (χ2n) is 10.5. The van der Waals surface area contributed by atoms with E-state index < -0.39 is 0 Å². The number of hydrogen-bond acceptors (Lipinski definition) is 5. The summed E-state index contributed by atoms with van der Waals surface area (Å²) in [5.41, 5.74) is 13.4. The third-order valence-electron chi connectivity index (χ3n) is 7.45. The van der Waals surface area contributed by atoms with Gasteiger partial charge in [0.15, 0.2) is 0 Å². The summed E-state index contributed by atoms with van der Waals surface area (Å²) in [5.74, 6) is 1.07. The molecule has 7 heteroatoms. The van der Waals surface area contributed by atoms with Crippen LogP contribution in [0.15, 0.2) is 54.7 Å². The van der Waals surface area contributed by atoms with Gasteiger partial charge in [-0.15, -0.1) is 0 Å². The highest BCUT2D eigenvalue weighted by Crippen LogP contribution is 2.36. The molecule has 1 saturated heterocycles. The Kier molecular flexibility index (Phi) is 6.87. The Morgan fingerprint density at radius 1 is 1.05 bits per heavy atom. The Bertz CT molecular complexity index is 1410. The minimum absolute atomic E-state index is 0.0243. The summed E-state index contributed by atoms with van der Waals surface area (Å²) in [6.07, 6.45) is 3.61. The average molecular weight is 497 g/mol. The standard InChI is InChI=1S/C30H36N6O/c1-19(2)30(37)35-15-12-25(13-16-35)36-26-11-14-32-29(33-18-22-6-5-20(3)21(4)17-22)27(26)28(34-36)23-7-9-24(31)10-8-23/h5-11,14,17,19,25H,12-13,15-16,18,31H2,1-4H3,(H,32,33). The lowest BCUT2D eigenvalue weighted by molar-refractivity contribution is -0.135. The van der Waals surface area contributed by atoms with E-state index >= 15 is 0 Å². The number of aryl methyl sites for hydroxylation is 2. The molecule has 5 rings (SSSR count). The lowest BCUT2D eigenvalue weighted by Crippen LogP contribution is -2.41. The molecule has 1 aliphatic rings. The summed E-state index contributed by atoms with van der Waals surface area (Å²) in [5, 5.41) is 9.74. The van der Waals surface area contributed by atoms with E-state index in [0.29, 0.717) is 6.54 Å². The number of rotatable bonds is 6. The maximum absolute atomic E-state index is 12.5. The zero-order valence-electron chi connectivity index (χ0n) is 22.2. The summed E-state index contributed by atoms with van der Waals surface area (Å²) < 4.78 is 2.15. The number of fused-ring (bicyclic) bond motifs is 1. The van der Waals surface area contributed by atoms with Crippen molar-refractivity contribution in [3.05, 3.63) is 71.4 Å². The number of nitrogens with two attached hydrogens (primary N) is 1. The fourth-order valence-electron chi connectivity index (χ4n) is 5.14. The van der Waals surface area contributed by atoms with Gasteiger partial charge in [-0.2, -0.15) is 5.10 Å². The number of carbonyl (C=O) groups excluding carboxylic acids is 1. The summed E-state index contributed by atoms with van der Waals surface area (Å²) in [6, 6.07) is 16.7. The molecule has 0 aliphatic carbocycles. The molecule has 3 heterocycles. The highest BCUT2D eigenvalue weighted by Gasteiger charge is 2.28. The van der Waals surface area contributed by atoms with Crippen LogP contribution >= 0.6 is 0 Å². The molecule has 2 aromatic carbocycles. The number of nitrogens with zero attached hydrogens (tertiary/aromatic N) is 4. The van der Waals surface area contributed by atoms with Gasteiger partial charge >= 0.3 is 0 Å². The third kappa shape index (κ3) is 5.03. The predicted octanol–water partition coefficient (Wildman–Crippen LogP) is 5.73. The molecule has 192 valence electrons. The van der Waals surface area contributed by atoms with Gasteiger partial charge < -0.3 is 16.0 Å². The summed E-state index contributed by atoms with van der Waals surface area (Å²) in [7, 11) is 0. The molecule has 1 fully saturated rings. The maximum atomic E-state index is 12.5. The molecule has 0 saturated carbocycles. The molecule has 37 heavy (non-hydrogen) atoms. The monoisotopic (exact) mass is 496 g/mol. The Morgan fingerprint density at radius 2 is 1.78 bits per heavy atom. The van der Waals surface area contributed by atoms with Crippen LogP contribution in [0.5, 0.6) is 0 Å². The van der Waals surface area contributed by atoms with Crippen molar-refractivity contribution in [1.82, 2.24) is 19.7 Å². The van der Waals surface area contributed by atoms with Crippen LogP contribution < -0.4 is 11.1 Å². The van der Waals surface area contributed by atoms with E-state index in [1.165, 1.54) is 16.7 Å². The first-order valence-corrected chi connectivity index (χ1v) is 13.1. The average Bonchev–Trinajstić information content (AvgIpc) is 3.30. The van der Waals surface area contributed by atoms with E-state index in [0.717, 1.165) is 59.6 Å². The van der Waals surface area contributed by atoms with Gasteiger partial charge in [0, 0.05) is 43.0 Å². The lowest BCUT2D eigenvalue weighted by Gasteiger charge is -2.33. The van der Waals surface area contributed by atoms with Crippen molar-refractivity contribution in [2.45, 2.75) is 53.1 Å². The molecule has 0 radical (unpaired) electrons. The first-order valence-electron chi connectivity index (χ1n) is 13.1. The Balaban J connectivity index is 1.51. The van der Waals surface area contributed by atoms with Crippen molar-refractivity contribution in [3.63, 3.8) is 0 Å². The molecule has 0 bridgehead atoms. The van der Waals surface area contributed by atoms with Crippen molar-refractivity contribution >= 4 is 28.3 Å². The van der Waals surface area contributed by atoms with Crippen LogP contribution in [0.3, 0.4) is 0 Å². The van der Waals surface area contributed by atoms with Crippen molar-refractivity contribution < 1.29 is 4.79 Å². The second-order valence-corrected chi connectivity index (χ2v) is 10.5. The lowest BCUT2D eigenvalue weighted by atomic mass is 10.0. The fraction of sp³-hybridized carbons (Fsp3) is 0.367. The zero-order chi connectivity index (χ0) is 26.1. The highest BCUT2D eigenvalue weighted by atomic mass is 16.2. The minimum Gasteiger partial charge on any atom is -0.399 e. The number of benzene rings is 2. The van der Waals surface area contributed by atoms with Gasteiger partial charge in [0.05, 0.1) is 16.9 Å². The van der Waals surface area contributed by atoms with Crippen LogP contribution in [0.1, 0.15) is 49.4 Å². The topological polar surface area (TPSA) is 89.1 Å². The Morgan fingerprint density at radius 3 is 2.46 bits per heavy atom. The Labute approximate surface area is 218 Å². The van der Waals surface area contributed by atoms with E-state index in [9.17, 15) is 4.79 Å². The molecule has 0 spiro atoms. The summed E-state index contributed by atoms with van der Waals surface area (Å²) in [6.45, 7) is 10.4. The highest BCUT2D eigenvalue weighted by molar-refractivity contribution is 6.01. The molecular weight excluding hydrogens is 460 g/mol. The normalized spacial score (nSPS) is 14.5. The molecule has 0 atom stereocenters. The van der Waals surface area contributed by atoms with Gasteiger partial charge in [0.25, 0.3) is 0 Å². The SMILES string of the molecule is Cc1ccc(CNc2nccc3c2c(-c2ccc(N)cc2)nn3C2CCN(C(=O)C(C)C)CC2)cc1C. The number of nitrogens with one attached hydrogen (secondary N) is 1. The largest absolute Gasteiger partial charge is 0.399 e. The van der Waals surface area contributed by atoms with Gasteiger partial charge in [0.2, 0.25) is 5.91 Å². The minimum atomic E-state index is 0.0243. The quantitative estimate of drug-likeness (QED) is 0.333. The van der Waals surface area contributed by atoms with Crippen molar-refractivity contribution in [3.8, 4) is 11.3 Å². The number of pyridine rings is 1. The second kappa shape index (κ2) is 10.2. The summed E-state index contributed by atoms with van der Waals surface area (Å²) in [4.78, 5) is 19.2. The molecule has 2 aromatic heterocycles. The van der Waals surface area contributed by atoms with Gasteiger partial charge in [-0.05, 0) is 61.6 Å². The first-order chi connectivity index (χ1) is 17.8. The number of aromatic nitrogens is 3. The summed E-state index contributed by atoms with van der Waals surface area (Å²) >= 11 is 0. The number of hydrogen-bond donors (Lipinski definition) is 2. The van der Waals surface area contributed by atoms with Crippen LogP contribution in [0, 0.1) is 19.8 Å². The van der Waals surface area contributed by atoms with Crippen LogP contribution in [-0.4, -0.2) is 38.7 Å². The van der Waals surface area contributed by atoms with Crippen molar-refractivity contribution in [1.29, 1.82) is 0 Å². The van der Waals surface area contributed by atoms with E-state index in [1.807, 2.05) is 49.2 Å². The van der Waals surface area contributed by atoms with Crippen LogP contribution in [0.4, 0.5) is 11.5 Å². The zero-order valence-corrected chi connectivity index (χ0v) is 22.2. The van der Waals surface area contributed by atoms with Gasteiger partial charge in [-0.3, -0.25) is 9.48 Å². The number of amides is 1. The molecule has 1 aliphatic heterocycles. The smallest absolute Gasteiger partial charge is 0.225 e. The van der Waals surface area contributed by atoms with Crippen LogP contribution in [-0.2, 0) is 11.3 Å². The van der Waals surface area contributed by atoms with E-state index in [-0.39, 0.29) is 17.9 Å². The maximum Gasteiger partial charge on any atom is 0.225 e. The first kappa shape index (κ1) is 24.8. The Hall–Kier alpha value is -3.87. The number of piperidine rings is 1. The molecule has 1 amide bonds. The number of anilines is 2. The predicted molar refractivity (Wildman–Crippen MR) is 150 cm³/mol. The number of carbonyl (C=O) groups is 1. The van der Waals surface area contributed by atoms with Crippen molar-refractivity contribution in [2.24, 2.45) is 5.92 Å². The van der Waals surface area contributed by atoms with E-state index in [1.54, 1.807) is 0 Å². The van der Waals surface area contributed by atoms with Crippen LogP contribution in [0.25, 0.3) is 22.2 Å². The third-order valence-corrected chi connectivity index (χ3v) is 7.45. The fourth-order valence-corrected chi connectivity index (χ4v) is 5.14. The number of likely N-dealkylation sites (tertiary alicyclic amines) is 1. The van der Waals surface area contributed by atoms with Gasteiger partial charge in [0.1, 0.15) is 11.5 Å².